The Morgan fingerprint density at radius 2 is 0.703 bits per heavy atom. The number of benzene rings is 10. The molecule has 0 fully saturated rings. The standard InChI is InChI=1S/C59H39B2N3/c1-5-19-39(20-6-1)57-45-27-17-32-53-58(45)60(47-28-13-15-30-51(47)62(53)42-21-7-2-8-22-42)49-36-41-37-50-56(38-40(41)35-46(49)57)64(44-25-11-4-12-26-44)55-34-18-33-54-59(55)61(50)48-29-14-16-31-52(48)63(54)43-23-9-3-10-24-43/h1-38,57H. The molecule has 0 radical (unpaired) electrons. The van der Waals surface area contributed by atoms with Crippen LogP contribution in [0.25, 0.3) is 10.8 Å². The number of hydrogen-bond donors (Lipinski definition) is 0. The van der Waals surface area contributed by atoms with E-state index in [-0.39, 0.29) is 19.3 Å². The van der Waals surface area contributed by atoms with Gasteiger partial charge in [-0.25, -0.2) is 0 Å². The van der Waals surface area contributed by atoms with Crippen molar-refractivity contribution >= 4 is 108 Å². The van der Waals surface area contributed by atoms with Crippen molar-refractivity contribution in [3.05, 3.63) is 247 Å². The fraction of sp³-hybridized carbons (Fsp3) is 0.0169. The van der Waals surface area contributed by atoms with E-state index in [1.807, 2.05) is 0 Å². The van der Waals surface area contributed by atoms with E-state index in [2.05, 4.69) is 245 Å². The highest BCUT2D eigenvalue weighted by Crippen LogP contribution is 2.46. The van der Waals surface area contributed by atoms with Crippen molar-refractivity contribution < 1.29 is 0 Å². The van der Waals surface area contributed by atoms with Gasteiger partial charge in [0.1, 0.15) is 0 Å². The predicted molar refractivity (Wildman–Crippen MR) is 271 cm³/mol. The van der Waals surface area contributed by atoms with Gasteiger partial charge < -0.3 is 14.7 Å². The monoisotopic (exact) mass is 811 g/mol. The van der Waals surface area contributed by atoms with E-state index >= 15 is 0 Å². The second kappa shape index (κ2) is 13.7. The second-order valence-corrected chi connectivity index (χ2v) is 17.6. The highest BCUT2D eigenvalue weighted by molar-refractivity contribution is 7.01. The maximum Gasteiger partial charge on any atom is 0.252 e. The molecule has 5 heteroatoms. The molecule has 10 aromatic rings. The van der Waals surface area contributed by atoms with Crippen molar-refractivity contribution in [2.75, 3.05) is 14.7 Å². The van der Waals surface area contributed by atoms with E-state index in [9.17, 15) is 0 Å². The summed E-state index contributed by atoms with van der Waals surface area (Å²) in [7, 11) is 0. The maximum atomic E-state index is 2.57. The van der Waals surface area contributed by atoms with Gasteiger partial charge in [-0.3, -0.25) is 0 Å². The Morgan fingerprint density at radius 1 is 0.281 bits per heavy atom. The molecule has 0 saturated heterocycles. The summed E-state index contributed by atoms with van der Waals surface area (Å²) in [6.45, 7) is 0.109. The number of para-hydroxylation sites is 5. The molecule has 0 saturated carbocycles. The minimum Gasteiger partial charge on any atom is -0.312 e. The molecule has 0 aromatic heterocycles. The van der Waals surface area contributed by atoms with Crippen LogP contribution in [-0.2, 0) is 0 Å². The molecule has 0 bridgehead atoms. The van der Waals surface area contributed by atoms with Crippen molar-refractivity contribution in [1.82, 2.24) is 0 Å². The van der Waals surface area contributed by atoms with Gasteiger partial charge in [0.2, 0.25) is 6.71 Å². The van der Waals surface area contributed by atoms with Crippen molar-refractivity contribution in [1.29, 1.82) is 0 Å². The molecule has 0 aliphatic carbocycles. The molecule has 0 N–H and O–H groups in total. The number of anilines is 9. The van der Waals surface area contributed by atoms with Crippen LogP contribution in [-0.4, -0.2) is 13.4 Å². The highest BCUT2D eigenvalue weighted by Gasteiger charge is 2.46. The van der Waals surface area contributed by atoms with E-state index in [1.54, 1.807) is 0 Å². The molecular weight excluding hydrogens is 772 g/mol. The van der Waals surface area contributed by atoms with Gasteiger partial charge in [-0.2, -0.15) is 0 Å². The van der Waals surface area contributed by atoms with Crippen LogP contribution in [0, 0.1) is 0 Å². The van der Waals surface area contributed by atoms with Crippen LogP contribution >= 0.6 is 0 Å². The molecule has 14 rings (SSSR count). The van der Waals surface area contributed by atoms with E-state index in [0.717, 1.165) is 11.4 Å². The molecular formula is C59H39B2N3. The number of hydrogen-bond acceptors (Lipinski definition) is 3. The average molecular weight is 812 g/mol. The van der Waals surface area contributed by atoms with Gasteiger partial charge in [-0.15, -0.1) is 0 Å². The third kappa shape index (κ3) is 5.01. The lowest BCUT2D eigenvalue weighted by Gasteiger charge is -2.44. The number of nitrogens with zero attached hydrogens (tertiary/aromatic N) is 3. The lowest BCUT2D eigenvalue weighted by atomic mass is 9.31. The Bertz CT molecular complexity index is 3260. The lowest BCUT2D eigenvalue weighted by Crippen LogP contribution is -2.62. The summed E-state index contributed by atoms with van der Waals surface area (Å²) in [6.07, 6.45) is 0. The van der Waals surface area contributed by atoms with Crippen molar-refractivity contribution in [2.24, 2.45) is 0 Å². The molecule has 4 aliphatic rings. The molecule has 4 aliphatic heterocycles. The zero-order chi connectivity index (χ0) is 41.9. The van der Waals surface area contributed by atoms with Crippen LogP contribution in [0.5, 0.6) is 0 Å². The second-order valence-electron chi connectivity index (χ2n) is 17.6. The first kappa shape index (κ1) is 35.6. The molecule has 0 amide bonds. The Balaban J connectivity index is 1.06. The molecule has 0 spiro atoms. The van der Waals surface area contributed by atoms with E-state index in [1.165, 1.54) is 100 Å². The summed E-state index contributed by atoms with van der Waals surface area (Å²) in [5.74, 6) is 0.0634. The van der Waals surface area contributed by atoms with Crippen LogP contribution in [0.2, 0.25) is 0 Å². The molecule has 3 nitrogen and oxygen atoms in total. The topological polar surface area (TPSA) is 9.72 Å². The van der Waals surface area contributed by atoms with Crippen molar-refractivity contribution in [2.45, 2.75) is 5.92 Å². The normalized spacial score (nSPS) is 14.9. The highest BCUT2D eigenvalue weighted by atomic mass is 15.2. The van der Waals surface area contributed by atoms with Gasteiger partial charge >= 0.3 is 0 Å². The van der Waals surface area contributed by atoms with Crippen molar-refractivity contribution in [3.8, 4) is 0 Å². The zero-order valence-corrected chi connectivity index (χ0v) is 35.0. The quantitative estimate of drug-likeness (QED) is 0.164. The van der Waals surface area contributed by atoms with Crippen LogP contribution in [0.1, 0.15) is 22.6 Å². The van der Waals surface area contributed by atoms with E-state index in [0.29, 0.717) is 0 Å². The minimum atomic E-state index is 0.0389. The molecule has 296 valence electrons. The lowest BCUT2D eigenvalue weighted by molar-refractivity contribution is 0.987. The minimum absolute atomic E-state index is 0.0389. The Kier molecular flexibility index (Phi) is 7.64. The first-order valence-electron chi connectivity index (χ1n) is 22.5. The molecule has 1 unspecified atom stereocenters. The SMILES string of the molecule is c1ccc(C2c3cc4cc5c(cc4cc3B3c4ccccc4N(c4ccccc4)c4cccc2c43)B2c3ccccc3N(c3ccccc3)c3cccc(c32)N5c2ccccc2)cc1. The van der Waals surface area contributed by atoms with Gasteiger partial charge in [0.15, 0.2) is 0 Å². The van der Waals surface area contributed by atoms with Gasteiger partial charge in [0.05, 0.1) is 0 Å². The fourth-order valence-electron chi connectivity index (χ4n) is 11.8. The summed E-state index contributed by atoms with van der Waals surface area (Å²) >= 11 is 0. The summed E-state index contributed by atoms with van der Waals surface area (Å²) < 4.78 is 0. The van der Waals surface area contributed by atoms with Crippen LogP contribution in [0.3, 0.4) is 0 Å². The van der Waals surface area contributed by atoms with E-state index in [4.69, 9.17) is 0 Å². The summed E-state index contributed by atoms with van der Waals surface area (Å²) in [5, 5.41) is 2.52. The summed E-state index contributed by atoms with van der Waals surface area (Å²) in [5.41, 5.74) is 23.1. The van der Waals surface area contributed by atoms with Crippen molar-refractivity contribution in [3.63, 3.8) is 0 Å². The van der Waals surface area contributed by atoms with Gasteiger partial charge in [-0.1, -0.05) is 163 Å². The predicted octanol–water partition coefficient (Wildman–Crippen LogP) is 10.7. The van der Waals surface area contributed by atoms with Crippen LogP contribution in [0.15, 0.2) is 231 Å². The summed E-state index contributed by atoms with van der Waals surface area (Å²) in [6, 6.07) is 86.1. The first-order valence-corrected chi connectivity index (χ1v) is 22.5. The molecule has 1 atom stereocenters. The average Bonchev–Trinajstić information content (AvgIpc) is 3.36. The molecule has 10 aromatic carbocycles. The third-order valence-electron chi connectivity index (χ3n) is 14.3. The molecule has 4 heterocycles. The number of fused-ring (bicyclic) bond motifs is 9. The van der Waals surface area contributed by atoms with Gasteiger partial charge in [-0.05, 0) is 128 Å². The largest absolute Gasteiger partial charge is 0.312 e. The third-order valence-corrected chi connectivity index (χ3v) is 14.3. The Morgan fingerprint density at radius 3 is 1.28 bits per heavy atom. The summed E-state index contributed by atoms with van der Waals surface area (Å²) in [4.78, 5) is 7.47. The Hall–Kier alpha value is -8.01. The first-order chi connectivity index (χ1) is 31.8. The van der Waals surface area contributed by atoms with Crippen LogP contribution < -0.4 is 47.5 Å². The van der Waals surface area contributed by atoms with Gasteiger partial charge in [0.25, 0.3) is 6.71 Å². The Labute approximate surface area is 374 Å². The smallest absolute Gasteiger partial charge is 0.252 e. The maximum absolute atomic E-state index is 2.57. The molecule has 64 heavy (non-hydrogen) atoms. The number of rotatable bonds is 4. The van der Waals surface area contributed by atoms with E-state index < -0.39 is 0 Å². The fourth-order valence-corrected chi connectivity index (χ4v) is 11.8. The van der Waals surface area contributed by atoms with Gasteiger partial charge in [0, 0.05) is 57.1 Å². The van der Waals surface area contributed by atoms with Crippen LogP contribution in [0.4, 0.5) is 51.2 Å². The zero-order valence-electron chi connectivity index (χ0n) is 35.0.